The third kappa shape index (κ3) is 4.17. The molecule has 0 spiro atoms. The lowest BCUT2D eigenvalue weighted by Gasteiger charge is -2.30. The highest BCUT2D eigenvalue weighted by Gasteiger charge is 2.43. The summed E-state index contributed by atoms with van der Waals surface area (Å²) in [6.07, 6.45) is 9.36. The molecule has 1 heterocycles. The molecule has 0 radical (unpaired) electrons. The van der Waals surface area contributed by atoms with E-state index in [-0.39, 0.29) is 35.6 Å². The van der Waals surface area contributed by atoms with Gasteiger partial charge in [-0.05, 0) is 62.1 Å². The second-order valence-corrected chi connectivity index (χ2v) is 8.40. The smallest absolute Gasteiger partial charge is 0.243 e. The quantitative estimate of drug-likeness (QED) is 0.856. The van der Waals surface area contributed by atoms with Gasteiger partial charge in [-0.3, -0.25) is 9.59 Å². The Morgan fingerprint density at radius 3 is 2.33 bits per heavy atom. The van der Waals surface area contributed by atoms with Gasteiger partial charge in [0, 0.05) is 12.6 Å². The summed E-state index contributed by atoms with van der Waals surface area (Å²) >= 11 is 0. The average Bonchev–Trinajstić information content (AvgIpc) is 3.38. The van der Waals surface area contributed by atoms with Gasteiger partial charge in [0.25, 0.3) is 0 Å². The number of amides is 2. The number of hydrogen-bond donors (Lipinski definition) is 1. The third-order valence-electron chi connectivity index (χ3n) is 6.38. The van der Waals surface area contributed by atoms with Gasteiger partial charge in [-0.2, -0.15) is 0 Å². The Bertz CT molecular complexity index is 680. The summed E-state index contributed by atoms with van der Waals surface area (Å²) in [6, 6.07) is 6.22. The van der Waals surface area contributed by atoms with Crippen LogP contribution in [0.3, 0.4) is 0 Å². The van der Waals surface area contributed by atoms with Crippen LogP contribution in [0.15, 0.2) is 24.3 Å². The molecule has 3 aliphatic rings. The summed E-state index contributed by atoms with van der Waals surface area (Å²) in [7, 11) is 0. The second kappa shape index (κ2) is 7.99. The summed E-state index contributed by atoms with van der Waals surface area (Å²) in [5, 5.41) is 3.19. The Morgan fingerprint density at radius 2 is 1.67 bits per heavy atom. The number of nitrogens with zero attached hydrogens (tertiary/aromatic N) is 1. The van der Waals surface area contributed by atoms with Gasteiger partial charge in [-0.15, -0.1) is 0 Å². The summed E-state index contributed by atoms with van der Waals surface area (Å²) in [4.78, 5) is 28.0. The Hall–Kier alpha value is -1.91. The van der Waals surface area contributed by atoms with E-state index in [2.05, 4.69) is 5.32 Å². The molecule has 0 bridgehead atoms. The zero-order valence-corrected chi connectivity index (χ0v) is 15.8. The molecule has 2 aliphatic carbocycles. The van der Waals surface area contributed by atoms with Crippen molar-refractivity contribution in [3.05, 3.63) is 35.6 Å². The maximum absolute atomic E-state index is 13.4. The molecule has 2 amide bonds. The first-order valence-corrected chi connectivity index (χ1v) is 10.5. The molecule has 0 aromatic heterocycles. The molecule has 3 fully saturated rings. The van der Waals surface area contributed by atoms with E-state index >= 15 is 0 Å². The Labute approximate surface area is 160 Å². The van der Waals surface area contributed by atoms with E-state index in [0.717, 1.165) is 44.1 Å². The van der Waals surface area contributed by atoms with E-state index in [1.807, 2.05) is 0 Å². The molecular weight excluding hydrogens is 343 g/mol. The topological polar surface area (TPSA) is 49.4 Å². The largest absolute Gasteiger partial charge is 0.352 e. The second-order valence-electron chi connectivity index (χ2n) is 8.40. The molecule has 2 atom stereocenters. The lowest BCUT2D eigenvalue weighted by molar-refractivity contribution is -0.140. The van der Waals surface area contributed by atoms with E-state index in [9.17, 15) is 14.0 Å². The maximum Gasteiger partial charge on any atom is 0.243 e. The fourth-order valence-electron chi connectivity index (χ4n) is 4.74. The molecule has 2 saturated carbocycles. The van der Waals surface area contributed by atoms with Crippen molar-refractivity contribution in [2.75, 3.05) is 6.54 Å². The zero-order valence-electron chi connectivity index (χ0n) is 15.8. The van der Waals surface area contributed by atoms with Crippen molar-refractivity contribution in [1.29, 1.82) is 0 Å². The first-order chi connectivity index (χ1) is 13.1. The predicted molar refractivity (Wildman–Crippen MR) is 102 cm³/mol. The van der Waals surface area contributed by atoms with Crippen LogP contribution in [0, 0.1) is 11.7 Å². The van der Waals surface area contributed by atoms with Crippen molar-refractivity contribution in [3.63, 3.8) is 0 Å². The maximum atomic E-state index is 13.4. The van der Waals surface area contributed by atoms with Gasteiger partial charge >= 0.3 is 0 Å². The molecule has 1 saturated heterocycles. The van der Waals surface area contributed by atoms with E-state index < -0.39 is 0 Å². The molecule has 1 aliphatic heterocycles. The highest BCUT2D eigenvalue weighted by atomic mass is 19.1. The standard InChI is InChI=1S/C22H29FN2O2/c23-17-12-10-16(11-13-17)20(15-8-9-15)22(27)25-14-4-7-19(25)21(26)24-18-5-2-1-3-6-18/h10-13,15,18-20H,1-9,14H2,(H,24,26)/t19-,20?/m1/s1. The van der Waals surface area contributed by atoms with Crippen LogP contribution in [0.25, 0.3) is 0 Å². The number of nitrogens with one attached hydrogen (secondary N) is 1. The fourth-order valence-corrected chi connectivity index (χ4v) is 4.74. The van der Waals surface area contributed by atoms with E-state index in [0.29, 0.717) is 12.5 Å². The molecule has 4 rings (SSSR count). The SMILES string of the molecule is O=C(NC1CCCCC1)[C@H]1CCCN1C(=O)C(c1ccc(F)cc1)C1CC1. The van der Waals surface area contributed by atoms with Crippen LogP contribution in [0.4, 0.5) is 4.39 Å². The molecule has 1 aromatic carbocycles. The molecular formula is C22H29FN2O2. The first-order valence-electron chi connectivity index (χ1n) is 10.5. The van der Waals surface area contributed by atoms with Gasteiger partial charge in [0.15, 0.2) is 0 Å². The number of rotatable bonds is 5. The molecule has 1 unspecified atom stereocenters. The van der Waals surface area contributed by atoms with E-state index in [1.165, 1.54) is 31.4 Å². The zero-order chi connectivity index (χ0) is 18.8. The Morgan fingerprint density at radius 1 is 0.963 bits per heavy atom. The Balaban J connectivity index is 1.47. The van der Waals surface area contributed by atoms with Crippen LogP contribution < -0.4 is 5.32 Å². The third-order valence-corrected chi connectivity index (χ3v) is 6.38. The highest BCUT2D eigenvalue weighted by Crippen LogP contribution is 2.44. The van der Waals surface area contributed by atoms with Crippen molar-refractivity contribution >= 4 is 11.8 Å². The molecule has 1 aromatic rings. The minimum atomic E-state index is -0.346. The summed E-state index contributed by atoms with van der Waals surface area (Å²) in [5.74, 6) is -0.141. The van der Waals surface area contributed by atoms with E-state index in [4.69, 9.17) is 0 Å². The number of carbonyl (C=O) groups is 2. The monoisotopic (exact) mass is 372 g/mol. The number of likely N-dealkylation sites (tertiary alicyclic amines) is 1. The van der Waals surface area contributed by atoms with Gasteiger partial charge in [-0.1, -0.05) is 31.4 Å². The van der Waals surface area contributed by atoms with Crippen molar-refractivity contribution in [2.24, 2.45) is 5.92 Å². The van der Waals surface area contributed by atoms with Gasteiger partial charge in [0.1, 0.15) is 11.9 Å². The number of halogens is 1. The van der Waals surface area contributed by atoms with Crippen molar-refractivity contribution in [3.8, 4) is 0 Å². The van der Waals surface area contributed by atoms with Crippen LogP contribution in [-0.4, -0.2) is 35.3 Å². The van der Waals surface area contributed by atoms with Crippen LogP contribution in [0.2, 0.25) is 0 Å². The van der Waals surface area contributed by atoms with E-state index in [1.54, 1.807) is 17.0 Å². The lowest BCUT2D eigenvalue weighted by atomic mass is 9.92. The molecule has 146 valence electrons. The molecule has 4 nitrogen and oxygen atoms in total. The molecule has 27 heavy (non-hydrogen) atoms. The van der Waals surface area contributed by atoms with Gasteiger partial charge in [0.2, 0.25) is 11.8 Å². The summed E-state index contributed by atoms with van der Waals surface area (Å²) < 4.78 is 13.3. The summed E-state index contributed by atoms with van der Waals surface area (Å²) in [6.45, 7) is 0.645. The van der Waals surface area contributed by atoms with Crippen molar-refractivity contribution < 1.29 is 14.0 Å². The summed E-state index contributed by atoms with van der Waals surface area (Å²) in [5.41, 5.74) is 0.877. The molecule has 1 N–H and O–H groups in total. The number of benzene rings is 1. The highest BCUT2D eigenvalue weighted by molar-refractivity contribution is 5.91. The number of carbonyl (C=O) groups excluding carboxylic acids is 2. The Kier molecular flexibility index (Phi) is 5.46. The fraction of sp³-hybridized carbons (Fsp3) is 0.636. The van der Waals surface area contributed by atoms with Gasteiger partial charge in [0.05, 0.1) is 5.92 Å². The van der Waals surface area contributed by atoms with Crippen LogP contribution in [-0.2, 0) is 9.59 Å². The predicted octanol–water partition coefficient (Wildman–Crippen LogP) is 3.76. The minimum absolute atomic E-state index is 0.0152. The minimum Gasteiger partial charge on any atom is -0.352 e. The van der Waals surface area contributed by atoms with Gasteiger partial charge in [-0.25, -0.2) is 4.39 Å². The first kappa shape index (κ1) is 18.5. The normalized spacial score (nSPS) is 24.6. The average molecular weight is 372 g/mol. The van der Waals surface area contributed by atoms with Crippen LogP contribution >= 0.6 is 0 Å². The lowest BCUT2D eigenvalue weighted by Crippen LogP contribution is -2.50. The molecule has 5 heteroatoms. The van der Waals surface area contributed by atoms with Crippen molar-refractivity contribution in [1.82, 2.24) is 10.2 Å². The van der Waals surface area contributed by atoms with Crippen molar-refractivity contribution in [2.45, 2.75) is 75.8 Å². The number of hydrogen-bond acceptors (Lipinski definition) is 2. The van der Waals surface area contributed by atoms with Crippen LogP contribution in [0.5, 0.6) is 0 Å². The van der Waals surface area contributed by atoms with Gasteiger partial charge < -0.3 is 10.2 Å². The van der Waals surface area contributed by atoms with Crippen LogP contribution in [0.1, 0.15) is 69.3 Å².